The molecule has 0 saturated heterocycles. The van der Waals surface area contributed by atoms with Crippen molar-refractivity contribution in [1.82, 2.24) is 0 Å². The number of hydrogen-bond acceptors (Lipinski definition) is 2. The van der Waals surface area contributed by atoms with Crippen LogP contribution in [0.4, 0.5) is 0 Å². The van der Waals surface area contributed by atoms with Gasteiger partial charge in [-0.05, 0) is 30.2 Å². The van der Waals surface area contributed by atoms with E-state index in [-0.39, 0.29) is 18.3 Å². The molecule has 0 heterocycles. The summed E-state index contributed by atoms with van der Waals surface area (Å²) in [6.45, 7) is 9.89. The lowest BCUT2D eigenvalue weighted by Gasteiger charge is -2.51. The number of carbonyl (C=O) groups is 2. The molecule has 0 aliphatic carbocycles. The normalized spacial score (nSPS) is 12.6. The molecule has 2 N–H and O–H groups in total. The summed E-state index contributed by atoms with van der Waals surface area (Å²) >= 11 is 0. The number of carboxylic acids is 2. The van der Waals surface area contributed by atoms with Crippen LogP contribution in [-0.4, -0.2) is 22.2 Å². The van der Waals surface area contributed by atoms with Crippen LogP contribution in [0.2, 0.25) is 0 Å². The molecule has 1 aromatic rings. The average Bonchev–Trinajstić information content (AvgIpc) is 2.53. The third-order valence-electron chi connectivity index (χ3n) is 5.84. The van der Waals surface area contributed by atoms with Crippen molar-refractivity contribution in [2.24, 2.45) is 22.7 Å². The Kier molecular flexibility index (Phi) is 7.21. The molecule has 1 rings (SSSR count). The van der Waals surface area contributed by atoms with Gasteiger partial charge in [0.2, 0.25) is 0 Å². The van der Waals surface area contributed by atoms with Crippen LogP contribution in [0.5, 0.6) is 0 Å². The molecule has 4 nitrogen and oxygen atoms in total. The van der Waals surface area contributed by atoms with E-state index < -0.39 is 22.8 Å². The molecule has 0 spiro atoms. The molecule has 1 aromatic carbocycles. The molecule has 25 heavy (non-hydrogen) atoms. The predicted molar refractivity (Wildman–Crippen MR) is 99.5 cm³/mol. The second kappa shape index (κ2) is 8.50. The van der Waals surface area contributed by atoms with Gasteiger partial charge in [0.15, 0.2) is 5.41 Å². The zero-order chi connectivity index (χ0) is 19.3. The first-order valence-corrected chi connectivity index (χ1v) is 9.17. The molecule has 0 aliphatic rings. The van der Waals surface area contributed by atoms with Gasteiger partial charge in [-0.3, -0.25) is 9.59 Å². The standard InChI is InChI=1S/C21H32O4/c1-6-7-13-20(15(2)3,16(4)5)21(18(22)23,19(24)25)14-17-11-9-8-10-12-17/h8-12,15-16H,6-7,13-14H2,1-5H3,(H,22,23)(H,24,25). The minimum Gasteiger partial charge on any atom is -0.480 e. The number of hydrogen-bond donors (Lipinski definition) is 2. The van der Waals surface area contributed by atoms with Crippen LogP contribution in [0.1, 0.15) is 59.4 Å². The SMILES string of the molecule is CCCCC(C(C)C)(C(C)C)C(Cc1ccccc1)(C(=O)O)C(=O)O. The van der Waals surface area contributed by atoms with E-state index in [4.69, 9.17) is 0 Å². The second-order valence-electron chi connectivity index (χ2n) is 7.63. The Hall–Kier alpha value is -1.84. The van der Waals surface area contributed by atoms with Crippen molar-refractivity contribution >= 4 is 11.9 Å². The van der Waals surface area contributed by atoms with Crippen molar-refractivity contribution in [2.45, 2.75) is 60.3 Å². The van der Waals surface area contributed by atoms with Crippen LogP contribution in [0.25, 0.3) is 0 Å². The van der Waals surface area contributed by atoms with Crippen molar-refractivity contribution in [3.8, 4) is 0 Å². The van der Waals surface area contributed by atoms with Gasteiger partial charge in [0, 0.05) is 5.41 Å². The molecule has 0 aliphatic heterocycles. The number of unbranched alkanes of at least 4 members (excludes halogenated alkanes) is 1. The van der Waals surface area contributed by atoms with E-state index in [0.717, 1.165) is 18.4 Å². The third-order valence-corrected chi connectivity index (χ3v) is 5.84. The van der Waals surface area contributed by atoms with Crippen LogP contribution in [0, 0.1) is 22.7 Å². The van der Waals surface area contributed by atoms with Gasteiger partial charge >= 0.3 is 11.9 Å². The van der Waals surface area contributed by atoms with Crippen molar-refractivity contribution < 1.29 is 19.8 Å². The monoisotopic (exact) mass is 348 g/mol. The quantitative estimate of drug-likeness (QED) is 0.591. The van der Waals surface area contributed by atoms with Crippen molar-refractivity contribution in [3.05, 3.63) is 35.9 Å². The van der Waals surface area contributed by atoms with Crippen LogP contribution >= 0.6 is 0 Å². The van der Waals surface area contributed by atoms with E-state index >= 15 is 0 Å². The topological polar surface area (TPSA) is 74.6 Å². The fourth-order valence-electron chi connectivity index (χ4n) is 4.62. The smallest absolute Gasteiger partial charge is 0.321 e. The highest BCUT2D eigenvalue weighted by molar-refractivity contribution is 5.99. The van der Waals surface area contributed by atoms with Crippen molar-refractivity contribution in [3.63, 3.8) is 0 Å². The van der Waals surface area contributed by atoms with E-state index in [1.165, 1.54) is 0 Å². The highest BCUT2D eigenvalue weighted by Gasteiger charge is 2.64. The zero-order valence-electron chi connectivity index (χ0n) is 16.1. The summed E-state index contributed by atoms with van der Waals surface area (Å²) in [5.41, 5.74) is -1.95. The van der Waals surface area contributed by atoms with E-state index in [1.54, 1.807) is 0 Å². The largest absolute Gasteiger partial charge is 0.480 e. The number of benzene rings is 1. The van der Waals surface area contributed by atoms with Gasteiger partial charge in [-0.2, -0.15) is 0 Å². The maximum Gasteiger partial charge on any atom is 0.321 e. The van der Waals surface area contributed by atoms with E-state index in [0.29, 0.717) is 6.42 Å². The predicted octanol–water partition coefficient (Wildman–Crippen LogP) is 4.87. The van der Waals surface area contributed by atoms with E-state index in [2.05, 4.69) is 0 Å². The summed E-state index contributed by atoms with van der Waals surface area (Å²) in [7, 11) is 0. The van der Waals surface area contributed by atoms with Crippen molar-refractivity contribution in [2.75, 3.05) is 0 Å². The highest BCUT2D eigenvalue weighted by Crippen LogP contribution is 2.56. The molecule has 0 amide bonds. The number of carboxylic acid groups (broad SMARTS) is 2. The van der Waals surface area contributed by atoms with Crippen LogP contribution in [0.3, 0.4) is 0 Å². The average molecular weight is 348 g/mol. The fourth-order valence-corrected chi connectivity index (χ4v) is 4.62. The summed E-state index contributed by atoms with van der Waals surface area (Å²) in [6.07, 6.45) is 2.30. The molecule has 0 atom stereocenters. The number of aliphatic carboxylic acids is 2. The first-order valence-electron chi connectivity index (χ1n) is 9.17. The van der Waals surface area contributed by atoms with Gasteiger partial charge in [-0.1, -0.05) is 77.8 Å². The number of rotatable bonds is 10. The maximum atomic E-state index is 12.5. The molecule has 0 bridgehead atoms. The van der Waals surface area contributed by atoms with Gasteiger partial charge in [-0.25, -0.2) is 0 Å². The Morgan fingerprint density at radius 1 is 0.960 bits per heavy atom. The lowest BCUT2D eigenvalue weighted by molar-refractivity contribution is -0.186. The minimum absolute atomic E-state index is 0.00141. The van der Waals surface area contributed by atoms with E-state index in [9.17, 15) is 19.8 Å². The minimum atomic E-state index is -1.86. The molecule has 140 valence electrons. The Morgan fingerprint density at radius 3 is 1.80 bits per heavy atom. The van der Waals surface area contributed by atoms with Crippen LogP contribution in [-0.2, 0) is 16.0 Å². The van der Waals surface area contributed by atoms with Crippen LogP contribution < -0.4 is 0 Å². The Morgan fingerprint density at radius 2 is 1.44 bits per heavy atom. The zero-order valence-corrected chi connectivity index (χ0v) is 16.1. The molecular formula is C21H32O4. The molecule has 0 fully saturated rings. The van der Waals surface area contributed by atoms with Gasteiger partial charge in [0.25, 0.3) is 0 Å². The van der Waals surface area contributed by atoms with Gasteiger partial charge in [0.05, 0.1) is 0 Å². The van der Waals surface area contributed by atoms with Gasteiger partial charge < -0.3 is 10.2 Å². The van der Waals surface area contributed by atoms with Gasteiger partial charge in [0.1, 0.15) is 0 Å². The first-order chi connectivity index (χ1) is 11.7. The molecule has 0 radical (unpaired) electrons. The first kappa shape index (κ1) is 21.2. The summed E-state index contributed by atoms with van der Waals surface area (Å²) in [6, 6.07) is 9.12. The lowest BCUT2D eigenvalue weighted by Crippen LogP contribution is -2.59. The molecule has 4 heteroatoms. The second-order valence-corrected chi connectivity index (χ2v) is 7.63. The van der Waals surface area contributed by atoms with Crippen LogP contribution in [0.15, 0.2) is 30.3 Å². The van der Waals surface area contributed by atoms with E-state index in [1.807, 2.05) is 65.0 Å². The fraction of sp³-hybridized carbons (Fsp3) is 0.619. The molecule has 0 saturated carbocycles. The Bertz CT molecular complexity index is 553. The Labute approximate surface area is 151 Å². The van der Waals surface area contributed by atoms with Gasteiger partial charge in [-0.15, -0.1) is 0 Å². The summed E-state index contributed by atoms with van der Waals surface area (Å²) in [5, 5.41) is 20.4. The molecule has 0 unspecified atom stereocenters. The summed E-state index contributed by atoms with van der Waals surface area (Å²) < 4.78 is 0. The highest BCUT2D eigenvalue weighted by atomic mass is 16.4. The molecular weight excluding hydrogens is 316 g/mol. The molecule has 0 aromatic heterocycles. The third kappa shape index (κ3) is 3.73. The lowest BCUT2D eigenvalue weighted by atomic mass is 9.49. The maximum absolute atomic E-state index is 12.5. The van der Waals surface area contributed by atoms with Crippen molar-refractivity contribution in [1.29, 1.82) is 0 Å². The summed E-state index contributed by atoms with van der Waals surface area (Å²) in [5.74, 6) is -2.62. The summed E-state index contributed by atoms with van der Waals surface area (Å²) in [4.78, 5) is 25.0. The Balaban J connectivity index is 3.69.